The zero-order valence-electron chi connectivity index (χ0n) is 14.3. The molecule has 126 valence electrons. The molecule has 6 nitrogen and oxygen atoms in total. The summed E-state index contributed by atoms with van der Waals surface area (Å²) in [6.45, 7) is 6.21. The number of benzene rings is 1. The van der Waals surface area contributed by atoms with E-state index in [1.54, 1.807) is 16.4 Å². The van der Waals surface area contributed by atoms with E-state index in [2.05, 4.69) is 82.3 Å². The topological polar surface area (TPSA) is 60.9 Å². The lowest BCUT2D eigenvalue weighted by Gasteiger charge is -2.08. The average molecular weight is 350 g/mol. The minimum Gasteiger partial charge on any atom is -0.307 e. The monoisotopic (exact) mass is 350 g/mol. The Balaban J connectivity index is 1.59. The van der Waals surface area contributed by atoms with Gasteiger partial charge in [0.15, 0.2) is 0 Å². The van der Waals surface area contributed by atoms with Crippen LogP contribution in [0, 0.1) is 20.8 Å². The van der Waals surface area contributed by atoms with E-state index in [0.717, 1.165) is 27.7 Å². The maximum absolute atomic E-state index is 4.65. The number of pyridine rings is 1. The Kier molecular flexibility index (Phi) is 4.01. The standard InChI is InChI=1S/C18H18N6S/c1-12-4-6-14(3)16(8-12)24-18(20-21-22-24)25-11-15-10-23-9-13(2)5-7-17(23)19-15/h4-10H,11H2,1-3H3. The van der Waals surface area contributed by atoms with E-state index >= 15 is 0 Å². The third-order valence-electron chi connectivity index (χ3n) is 4.03. The zero-order valence-corrected chi connectivity index (χ0v) is 15.2. The number of rotatable bonds is 4. The van der Waals surface area contributed by atoms with Gasteiger partial charge in [-0.1, -0.05) is 30.0 Å². The molecule has 0 radical (unpaired) electrons. The first kappa shape index (κ1) is 15.8. The first-order valence-corrected chi connectivity index (χ1v) is 9.02. The van der Waals surface area contributed by atoms with Crippen molar-refractivity contribution >= 4 is 17.4 Å². The number of aryl methyl sites for hydroxylation is 3. The van der Waals surface area contributed by atoms with Crippen molar-refractivity contribution in [1.29, 1.82) is 0 Å². The fourth-order valence-electron chi connectivity index (χ4n) is 2.73. The highest BCUT2D eigenvalue weighted by atomic mass is 32.2. The van der Waals surface area contributed by atoms with Crippen LogP contribution in [-0.2, 0) is 5.75 Å². The number of nitrogens with zero attached hydrogens (tertiary/aromatic N) is 6. The summed E-state index contributed by atoms with van der Waals surface area (Å²) in [6, 6.07) is 10.4. The van der Waals surface area contributed by atoms with Gasteiger partial charge in [-0.25, -0.2) is 4.98 Å². The van der Waals surface area contributed by atoms with Crippen LogP contribution in [0.3, 0.4) is 0 Å². The molecule has 0 N–H and O–H groups in total. The Morgan fingerprint density at radius 2 is 1.84 bits per heavy atom. The van der Waals surface area contributed by atoms with Gasteiger partial charge in [0, 0.05) is 18.1 Å². The summed E-state index contributed by atoms with van der Waals surface area (Å²) in [4.78, 5) is 4.65. The smallest absolute Gasteiger partial charge is 0.214 e. The molecule has 4 aromatic rings. The van der Waals surface area contributed by atoms with Gasteiger partial charge >= 0.3 is 0 Å². The third-order valence-corrected chi connectivity index (χ3v) is 4.98. The molecule has 4 rings (SSSR count). The lowest BCUT2D eigenvalue weighted by Crippen LogP contribution is -2.02. The number of hydrogen-bond donors (Lipinski definition) is 0. The summed E-state index contributed by atoms with van der Waals surface area (Å²) in [5.74, 6) is 0.714. The van der Waals surface area contributed by atoms with Crippen LogP contribution in [0.2, 0.25) is 0 Å². The molecule has 3 aromatic heterocycles. The molecule has 3 heterocycles. The minimum atomic E-state index is 0.714. The largest absolute Gasteiger partial charge is 0.307 e. The Morgan fingerprint density at radius 3 is 2.72 bits per heavy atom. The lowest BCUT2D eigenvalue weighted by atomic mass is 10.1. The molecule has 0 saturated heterocycles. The van der Waals surface area contributed by atoms with Crippen LogP contribution in [0.4, 0.5) is 0 Å². The van der Waals surface area contributed by atoms with Crippen LogP contribution in [0.5, 0.6) is 0 Å². The van der Waals surface area contributed by atoms with Gasteiger partial charge in [-0.05, 0) is 60.0 Å². The first-order valence-electron chi connectivity index (χ1n) is 8.03. The Hall–Kier alpha value is -2.67. The molecular weight excluding hydrogens is 332 g/mol. The molecule has 0 amide bonds. The van der Waals surface area contributed by atoms with Crippen molar-refractivity contribution < 1.29 is 0 Å². The van der Waals surface area contributed by atoms with Crippen molar-refractivity contribution in [3.63, 3.8) is 0 Å². The van der Waals surface area contributed by atoms with Crippen molar-refractivity contribution in [1.82, 2.24) is 29.6 Å². The highest BCUT2D eigenvalue weighted by Gasteiger charge is 2.12. The molecule has 0 fully saturated rings. The van der Waals surface area contributed by atoms with E-state index in [9.17, 15) is 0 Å². The molecule has 0 aliphatic heterocycles. The number of hydrogen-bond acceptors (Lipinski definition) is 5. The normalized spacial score (nSPS) is 11.3. The second kappa shape index (κ2) is 6.33. The van der Waals surface area contributed by atoms with Crippen LogP contribution in [0.15, 0.2) is 47.9 Å². The molecule has 0 aliphatic carbocycles. The van der Waals surface area contributed by atoms with Gasteiger partial charge in [0.05, 0.1) is 11.4 Å². The number of tetrazole rings is 1. The maximum Gasteiger partial charge on any atom is 0.214 e. The molecule has 0 unspecified atom stereocenters. The van der Waals surface area contributed by atoms with Gasteiger partial charge in [0.2, 0.25) is 5.16 Å². The van der Waals surface area contributed by atoms with Crippen LogP contribution < -0.4 is 0 Å². The predicted octanol–water partition coefficient (Wildman–Crippen LogP) is 3.53. The first-order chi connectivity index (χ1) is 12.1. The summed E-state index contributed by atoms with van der Waals surface area (Å²) in [5, 5.41) is 13.0. The highest BCUT2D eigenvalue weighted by molar-refractivity contribution is 7.98. The molecular formula is C18H18N6S. The third kappa shape index (κ3) is 3.15. The number of thioether (sulfide) groups is 1. The fourth-order valence-corrected chi connectivity index (χ4v) is 3.50. The van der Waals surface area contributed by atoms with E-state index < -0.39 is 0 Å². The van der Waals surface area contributed by atoms with Crippen molar-refractivity contribution in [2.24, 2.45) is 0 Å². The van der Waals surface area contributed by atoms with Crippen molar-refractivity contribution in [2.75, 3.05) is 0 Å². The van der Waals surface area contributed by atoms with Gasteiger partial charge < -0.3 is 4.40 Å². The second-order valence-electron chi connectivity index (χ2n) is 6.16. The van der Waals surface area contributed by atoms with Crippen LogP contribution >= 0.6 is 11.8 Å². The number of fused-ring (bicyclic) bond motifs is 1. The molecule has 1 aromatic carbocycles. The summed E-state index contributed by atoms with van der Waals surface area (Å²) in [7, 11) is 0. The number of aromatic nitrogens is 6. The fraction of sp³-hybridized carbons (Fsp3) is 0.222. The van der Waals surface area contributed by atoms with Crippen LogP contribution in [0.25, 0.3) is 11.3 Å². The molecule has 25 heavy (non-hydrogen) atoms. The van der Waals surface area contributed by atoms with Gasteiger partial charge in [-0.15, -0.1) is 5.10 Å². The molecule has 0 saturated carbocycles. The van der Waals surface area contributed by atoms with E-state index in [1.165, 1.54) is 11.1 Å². The lowest BCUT2D eigenvalue weighted by molar-refractivity contribution is 0.751. The Morgan fingerprint density at radius 1 is 1.00 bits per heavy atom. The minimum absolute atomic E-state index is 0.714. The van der Waals surface area contributed by atoms with Gasteiger partial charge in [-0.2, -0.15) is 4.68 Å². The van der Waals surface area contributed by atoms with Crippen molar-refractivity contribution in [3.05, 3.63) is 65.1 Å². The van der Waals surface area contributed by atoms with Gasteiger partial charge in [0.1, 0.15) is 5.65 Å². The molecule has 0 atom stereocenters. The van der Waals surface area contributed by atoms with E-state index in [1.807, 2.05) is 6.07 Å². The summed E-state index contributed by atoms with van der Waals surface area (Å²) in [5.41, 5.74) is 6.51. The summed E-state index contributed by atoms with van der Waals surface area (Å²) < 4.78 is 3.85. The van der Waals surface area contributed by atoms with Gasteiger partial charge in [-0.3, -0.25) is 0 Å². The quantitative estimate of drug-likeness (QED) is 0.527. The molecule has 0 spiro atoms. The second-order valence-corrected chi connectivity index (χ2v) is 7.10. The Labute approximate surface area is 149 Å². The molecule has 7 heteroatoms. The maximum atomic E-state index is 4.65. The molecule has 0 bridgehead atoms. The van der Waals surface area contributed by atoms with Gasteiger partial charge in [0.25, 0.3) is 0 Å². The predicted molar refractivity (Wildman–Crippen MR) is 98.1 cm³/mol. The van der Waals surface area contributed by atoms with Crippen molar-refractivity contribution in [2.45, 2.75) is 31.7 Å². The number of imidazole rings is 1. The Bertz CT molecular complexity index is 1050. The zero-order chi connectivity index (χ0) is 17.4. The summed E-state index contributed by atoms with van der Waals surface area (Å²) >= 11 is 1.59. The highest BCUT2D eigenvalue weighted by Crippen LogP contribution is 2.24. The molecule has 0 aliphatic rings. The summed E-state index contributed by atoms with van der Waals surface area (Å²) in [6.07, 6.45) is 4.14. The van der Waals surface area contributed by atoms with Crippen LogP contribution in [-0.4, -0.2) is 29.6 Å². The van der Waals surface area contributed by atoms with E-state index in [0.29, 0.717) is 5.75 Å². The van der Waals surface area contributed by atoms with E-state index in [-0.39, 0.29) is 0 Å². The van der Waals surface area contributed by atoms with Crippen molar-refractivity contribution in [3.8, 4) is 5.69 Å². The van der Waals surface area contributed by atoms with E-state index in [4.69, 9.17) is 0 Å². The average Bonchev–Trinajstić information content (AvgIpc) is 3.20. The van der Waals surface area contributed by atoms with Crippen LogP contribution in [0.1, 0.15) is 22.4 Å². The SMILES string of the molecule is Cc1ccc(C)c(-n2nnnc2SCc2cn3cc(C)ccc3n2)c1.